The summed E-state index contributed by atoms with van der Waals surface area (Å²) in [6.45, 7) is 2.04. The molecule has 3 heteroatoms. The van der Waals surface area contributed by atoms with Gasteiger partial charge in [0.2, 0.25) is 0 Å². The third-order valence-corrected chi connectivity index (χ3v) is 3.52. The SMILES string of the molecule is CN(C)CCNSc1cccc2ccccc12. The van der Waals surface area contributed by atoms with Crippen molar-refractivity contribution in [1.82, 2.24) is 9.62 Å². The number of hydrogen-bond acceptors (Lipinski definition) is 3. The molecule has 2 aromatic carbocycles. The van der Waals surface area contributed by atoms with Crippen LogP contribution < -0.4 is 4.72 Å². The Morgan fingerprint density at radius 1 is 1.06 bits per heavy atom. The van der Waals surface area contributed by atoms with Crippen molar-refractivity contribution in [3.63, 3.8) is 0 Å². The highest BCUT2D eigenvalue weighted by atomic mass is 32.2. The van der Waals surface area contributed by atoms with E-state index in [0.717, 1.165) is 13.1 Å². The summed E-state index contributed by atoms with van der Waals surface area (Å²) in [4.78, 5) is 3.47. The maximum absolute atomic E-state index is 3.40. The third-order valence-electron chi connectivity index (χ3n) is 2.59. The Morgan fingerprint density at radius 3 is 2.65 bits per heavy atom. The van der Waals surface area contributed by atoms with Gasteiger partial charge < -0.3 is 4.90 Å². The lowest BCUT2D eigenvalue weighted by Crippen LogP contribution is -2.22. The molecule has 2 aromatic rings. The number of nitrogens with one attached hydrogen (secondary N) is 1. The Labute approximate surface area is 107 Å². The molecule has 0 atom stereocenters. The first-order chi connectivity index (χ1) is 8.27. The molecule has 0 spiro atoms. The fraction of sp³-hybridized carbons (Fsp3) is 0.286. The maximum atomic E-state index is 3.40. The van der Waals surface area contributed by atoms with Crippen molar-refractivity contribution in [2.24, 2.45) is 0 Å². The number of nitrogens with zero attached hydrogens (tertiary/aromatic N) is 1. The first-order valence-electron chi connectivity index (χ1n) is 5.79. The van der Waals surface area contributed by atoms with Crippen molar-refractivity contribution in [2.45, 2.75) is 4.90 Å². The topological polar surface area (TPSA) is 15.3 Å². The highest BCUT2D eigenvalue weighted by molar-refractivity contribution is 7.97. The third kappa shape index (κ3) is 3.46. The molecule has 0 fully saturated rings. The van der Waals surface area contributed by atoms with E-state index >= 15 is 0 Å². The van der Waals surface area contributed by atoms with E-state index in [9.17, 15) is 0 Å². The molecule has 0 amide bonds. The predicted molar refractivity (Wildman–Crippen MR) is 76.4 cm³/mol. The molecular weight excluding hydrogens is 228 g/mol. The van der Waals surface area contributed by atoms with E-state index < -0.39 is 0 Å². The van der Waals surface area contributed by atoms with Gasteiger partial charge in [0.25, 0.3) is 0 Å². The van der Waals surface area contributed by atoms with Gasteiger partial charge in [-0.15, -0.1) is 0 Å². The molecule has 1 N–H and O–H groups in total. The Morgan fingerprint density at radius 2 is 1.82 bits per heavy atom. The number of rotatable bonds is 5. The molecule has 0 aliphatic carbocycles. The second-order valence-electron chi connectivity index (χ2n) is 4.28. The molecule has 2 rings (SSSR count). The minimum absolute atomic E-state index is 0.987. The zero-order valence-corrected chi connectivity index (χ0v) is 11.1. The fourth-order valence-electron chi connectivity index (χ4n) is 1.68. The highest BCUT2D eigenvalue weighted by Gasteiger charge is 2.00. The van der Waals surface area contributed by atoms with E-state index in [1.807, 2.05) is 0 Å². The summed E-state index contributed by atoms with van der Waals surface area (Å²) in [5.74, 6) is 0. The van der Waals surface area contributed by atoms with Crippen LogP contribution in [0.2, 0.25) is 0 Å². The van der Waals surface area contributed by atoms with Crippen LogP contribution in [0.5, 0.6) is 0 Å². The molecule has 0 bridgehead atoms. The Hall–Kier alpha value is -1.03. The van der Waals surface area contributed by atoms with Crippen molar-refractivity contribution in [1.29, 1.82) is 0 Å². The second-order valence-corrected chi connectivity index (χ2v) is 5.21. The molecule has 0 aliphatic rings. The fourth-order valence-corrected chi connectivity index (χ4v) is 2.47. The smallest absolute Gasteiger partial charge is 0.0306 e. The highest BCUT2D eigenvalue weighted by Crippen LogP contribution is 2.25. The molecule has 0 heterocycles. The van der Waals surface area contributed by atoms with Gasteiger partial charge in [-0.25, -0.2) is 0 Å². The summed E-state index contributed by atoms with van der Waals surface area (Å²) < 4.78 is 3.40. The standard InChI is InChI=1S/C14H18N2S/c1-16(2)11-10-15-17-14-9-5-7-12-6-3-4-8-13(12)14/h3-9,15H,10-11H2,1-2H3. The van der Waals surface area contributed by atoms with Gasteiger partial charge in [0, 0.05) is 18.0 Å². The van der Waals surface area contributed by atoms with Crippen LogP contribution in [0.25, 0.3) is 10.8 Å². The first-order valence-corrected chi connectivity index (χ1v) is 6.61. The van der Waals surface area contributed by atoms with Gasteiger partial charge in [0.05, 0.1) is 0 Å². The Kier molecular flexibility index (Phi) is 4.42. The number of benzene rings is 2. The number of likely N-dealkylation sites (N-methyl/N-ethyl adjacent to an activating group) is 1. The molecule has 0 unspecified atom stereocenters. The molecule has 17 heavy (non-hydrogen) atoms. The summed E-state index contributed by atoms with van der Waals surface area (Å²) in [7, 11) is 4.18. The summed E-state index contributed by atoms with van der Waals surface area (Å²) in [5.41, 5.74) is 0. The molecular formula is C14H18N2S. The molecule has 0 saturated carbocycles. The van der Waals surface area contributed by atoms with E-state index in [1.54, 1.807) is 11.9 Å². The molecule has 2 nitrogen and oxygen atoms in total. The van der Waals surface area contributed by atoms with Crippen LogP contribution in [0.3, 0.4) is 0 Å². The lowest BCUT2D eigenvalue weighted by molar-refractivity contribution is 0.415. The van der Waals surface area contributed by atoms with Crippen molar-refractivity contribution in [2.75, 3.05) is 27.2 Å². The minimum atomic E-state index is 0.987. The van der Waals surface area contributed by atoms with Crippen LogP contribution in [0.4, 0.5) is 0 Å². The van der Waals surface area contributed by atoms with E-state index in [4.69, 9.17) is 0 Å². The van der Waals surface area contributed by atoms with Gasteiger partial charge in [-0.3, -0.25) is 4.72 Å². The van der Waals surface area contributed by atoms with Crippen LogP contribution in [-0.4, -0.2) is 32.1 Å². The van der Waals surface area contributed by atoms with Crippen LogP contribution in [-0.2, 0) is 0 Å². The van der Waals surface area contributed by atoms with Gasteiger partial charge in [0.1, 0.15) is 0 Å². The Balaban J connectivity index is 2.03. The van der Waals surface area contributed by atoms with E-state index in [2.05, 4.69) is 66.2 Å². The largest absolute Gasteiger partial charge is 0.308 e. The van der Waals surface area contributed by atoms with Crippen LogP contribution in [0.15, 0.2) is 47.4 Å². The normalized spacial score (nSPS) is 11.2. The van der Waals surface area contributed by atoms with Gasteiger partial charge in [-0.05, 0) is 42.9 Å². The second kappa shape index (κ2) is 6.05. The van der Waals surface area contributed by atoms with Crippen molar-refractivity contribution in [3.8, 4) is 0 Å². The summed E-state index contributed by atoms with van der Waals surface area (Å²) in [6, 6.07) is 14.9. The number of fused-ring (bicyclic) bond motifs is 1. The molecule has 90 valence electrons. The quantitative estimate of drug-likeness (QED) is 0.645. The van der Waals surface area contributed by atoms with Gasteiger partial charge in [-0.2, -0.15) is 0 Å². The average Bonchev–Trinajstić information content (AvgIpc) is 2.34. The zero-order valence-electron chi connectivity index (χ0n) is 10.3. The van der Waals surface area contributed by atoms with Crippen molar-refractivity contribution < 1.29 is 0 Å². The Bertz CT molecular complexity index is 477. The van der Waals surface area contributed by atoms with E-state index in [0.29, 0.717) is 0 Å². The number of hydrogen-bond donors (Lipinski definition) is 1. The van der Waals surface area contributed by atoms with E-state index in [1.165, 1.54) is 15.7 Å². The van der Waals surface area contributed by atoms with Gasteiger partial charge in [0.15, 0.2) is 0 Å². The summed E-state index contributed by atoms with van der Waals surface area (Å²) in [6.07, 6.45) is 0. The predicted octanol–water partition coefficient (Wildman–Crippen LogP) is 3.00. The first kappa shape index (κ1) is 12.4. The molecule has 0 radical (unpaired) electrons. The van der Waals surface area contributed by atoms with Crippen LogP contribution in [0, 0.1) is 0 Å². The molecule has 0 saturated heterocycles. The van der Waals surface area contributed by atoms with Gasteiger partial charge in [-0.1, -0.05) is 36.4 Å². The average molecular weight is 246 g/mol. The molecule has 0 aromatic heterocycles. The summed E-state index contributed by atoms with van der Waals surface area (Å²) in [5, 5.41) is 2.62. The molecule has 0 aliphatic heterocycles. The van der Waals surface area contributed by atoms with E-state index in [-0.39, 0.29) is 0 Å². The van der Waals surface area contributed by atoms with Gasteiger partial charge >= 0.3 is 0 Å². The minimum Gasteiger partial charge on any atom is -0.308 e. The lowest BCUT2D eigenvalue weighted by Gasteiger charge is -2.10. The summed E-state index contributed by atoms with van der Waals surface area (Å²) >= 11 is 1.72. The lowest BCUT2D eigenvalue weighted by atomic mass is 10.1. The van der Waals surface area contributed by atoms with Crippen LogP contribution >= 0.6 is 11.9 Å². The monoisotopic (exact) mass is 246 g/mol. The van der Waals surface area contributed by atoms with Crippen LogP contribution in [0.1, 0.15) is 0 Å². The van der Waals surface area contributed by atoms with Crippen molar-refractivity contribution >= 4 is 22.7 Å². The van der Waals surface area contributed by atoms with Crippen molar-refractivity contribution in [3.05, 3.63) is 42.5 Å². The zero-order chi connectivity index (χ0) is 12.1. The maximum Gasteiger partial charge on any atom is 0.0306 e.